The molecule has 0 spiro atoms. The lowest BCUT2D eigenvalue weighted by atomic mass is 10.0. The first-order valence-corrected chi connectivity index (χ1v) is 7.98. The first-order chi connectivity index (χ1) is 13.1. The van der Waals surface area contributed by atoms with Gasteiger partial charge in [0.2, 0.25) is 0 Å². The van der Waals surface area contributed by atoms with E-state index < -0.39 is 17.8 Å². The van der Waals surface area contributed by atoms with Gasteiger partial charge >= 0.3 is 5.97 Å². The number of hydroxylamine groups is 2. The molecule has 1 aliphatic heterocycles. The highest BCUT2D eigenvalue weighted by Gasteiger charge is 2.38. The maximum atomic E-state index is 12.5. The van der Waals surface area contributed by atoms with E-state index in [0.717, 1.165) is 0 Å². The lowest BCUT2D eigenvalue weighted by Gasteiger charge is -2.17. The molecule has 0 saturated carbocycles. The highest BCUT2D eigenvalue weighted by Crippen LogP contribution is 2.24. The molecule has 1 aliphatic rings. The fourth-order valence-electron chi connectivity index (χ4n) is 2.65. The maximum absolute atomic E-state index is 12.5. The minimum Gasteiger partial charge on any atom is -0.469 e. The van der Waals surface area contributed by atoms with Gasteiger partial charge in [0, 0.05) is 5.56 Å². The summed E-state index contributed by atoms with van der Waals surface area (Å²) in [5.74, 6) is -1.80. The van der Waals surface area contributed by atoms with Gasteiger partial charge in [-0.05, 0) is 28.9 Å². The van der Waals surface area contributed by atoms with Crippen LogP contribution < -0.4 is 0 Å². The van der Waals surface area contributed by atoms with Crippen molar-refractivity contribution < 1.29 is 28.8 Å². The second-order valence-electron chi connectivity index (χ2n) is 5.53. The number of fused-ring (bicyclic) bond motifs is 1. The van der Waals surface area contributed by atoms with Crippen molar-refractivity contribution in [1.29, 1.82) is 0 Å². The Morgan fingerprint density at radius 2 is 1.56 bits per heavy atom. The van der Waals surface area contributed by atoms with Gasteiger partial charge in [-0.15, -0.1) is 0 Å². The number of carbonyl (C=O) groups is 3. The molecule has 2 aromatic rings. The van der Waals surface area contributed by atoms with Crippen molar-refractivity contribution in [3.05, 3.63) is 70.8 Å². The van der Waals surface area contributed by atoms with Crippen LogP contribution in [0.4, 0.5) is 0 Å². The number of carbonyl (C=O) groups excluding carboxylic acids is 3. The van der Waals surface area contributed by atoms with E-state index in [0.29, 0.717) is 16.2 Å². The average Bonchev–Trinajstić information content (AvgIpc) is 2.93. The lowest BCUT2D eigenvalue weighted by molar-refractivity contribution is -0.139. The quantitative estimate of drug-likeness (QED) is 0.263. The van der Waals surface area contributed by atoms with Gasteiger partial charge in [0.25, 0.3) is 17.7 Å². The SMILES string of the molecule is CO/N=C(\ON1C(=O)c2ccccc2C1=O)c1ccccc1CC(=O)OC. The summed E-state index contributed by atoms with van der Waals surface area (Å²) in [6.45, 7) is 0. The molecule has 2 amide bonds. The zero-order valence-corrected chi connectivity index (χ0v) is 14.7. The molecule has 0 unspecified atom stereocenters. The molecule has 0 radical (unpaired) electrons. The van der Waals surface area contributed by atoms with Crippen LogP contribution in [0.15, 0.2) is 53.7 Å². The van der Waals surface area contributed by atoms with Crippen molar-refractivity contribution in [2.75, 3.05) is 14.2 Å². The van der Waals surface area contributed by atoms with E-state index in [-0.39, 0.29) is 23.4 Å². The summed E-state index contributed by atoms with van der Waals surface area (Å²) in [4.78, 5) is 47.0. The van der Waals surface area contributed by atoms with E-state index in [1.165, 1.54) is 26.4 Å². The van der Waals surface area contributed by atoms with Crippen LogP contribution in [0.2, 0.25) is 0 Å². The number of imide groups is 1. The zero-order chi connectivity index (χ0) is 19.4. The molecule has 0 aliphatic carbocycles. The largest absolute Gasteiger partial charge is 0.469 e. The summed E-state index contributed by atoms with van der Waals surface area (Å²) < 4.78 is 4.69. The molecule has 0 aromatic heterocycles. The molecule has 27 heavy (non-hydrogen) atoms. The number of ether oxygens (including phenoxy) is 1. The normalized spacial score (nSPS) is 13.4. The number of nitrogens with zero attached hydrogens (tertiary/aromatic N) is 2. The number of methoxy groups -OCH3 is 1. The molecule has 0 N–H and O–H groups in total. The summed E-state index contributed by atoms with van der Waals surface area (Å²) in [6.07, 6.45) is -0.0408. The molecular formula is C19H16N2O6. The number of oxime groups is 1. The van der Waals surface area contributed by atoms with Crippen LogP contribution in [0, 0.1) is 0 Å². The van der Waals surface area contributed by atoms with Crippen LogP contribution in [-0.2, 0) is 25.6 Å². The van der Waals surface area contributed by atoms with Gasteiger partial charge in [-0.1, -0.05) is 35.4 Å². The van der Waals surface area contributed by atoms with Gasteiger partial charge in [-0.2, -0.15) is 0 Å². The van der Waals surface area contributed by atoms with Gasteiger partial charge in [-0.3, -0.25) is 14.4 Å². The molecule has 138 valence electrons. The predicted octanol–water partition coefficient (Wildman–Crippen LogP) is 1.94. The van der Waals surface area contributed by atoms with Crippen LogP contribution in [0.1, 0.15) is 31.8 Å². The third-order valence-electron chi connectivity index (χ3n) is 3.92. The Labute approximate surface area is 154 Å². The van der Waals surface area contributed by atoms with Gasteiger partial charge < -0.3 is 14.4 Å². The fourth-order valence-corrected chi connectivity index (χ4v) is 2.65. The van der Waals surface area contributed by atoms with Crippen molar-refractivity contribution in [2.45, 2.75) is 6.42 Å². The lowest BCUT2D eigenvalue weighted by Crippen LogP contribution is -2.33. The van der Waals surface area contributed by atoms with Crippen molar-refractivity contribution in [1.82, 2.24) is 5.06 Å². The highest BCUT2D eigenvalue weighted by atomic mass is 16.7. The number of hydrogen-bond donors (Lipinski definition) is 0. The Morgan fingerprint density at radius 1 is 0.963 bits per heavy atom. The number of amides is 2. The summed E-state index contributed by atoms with van der Waals surface area (Å²) in [6, 6.07) is 13.1. The Kier molecular flexibility index (Phi) is 5.16. The molecule has 8 heteroatoms. The summed E-state index contributed by atoms with van der Waals surface area (Å²) in [5, 5.41) is 4.40. The number of benzene rings is 2. The van der Waals surface area contributed by atoms with E-state index in [9.17, 15) is 14.4 Å². The Bertz CT molecular complexity index is 902. The minimum atomic E-state index is -0.607. The highest BCUT2D eigenvalue weighted by molar-refractivity contribution is 6.21. The van der Waals surface area contributed by atoms with Gasteiger partial charge in [-0.25, -0.2) is 0 Å². The van der Waals surface area contributed by atoms with Crippen LogP contribution >= 0.6 is 0 Å². The fraction of sp³-hybridized carbons (Fsp3) is 0.158. The van der Waals surface area contributed by atoms with Crippen LogP contribution in [0.3, 0.4) is 0 Å². The second kappa shape index (κ2) is 7.69. The zero-order valence-electron chi connectivity index (χ0n) is 14.7. The molecule has 2 aromatic carbocycles. The second-order valence-corrected chi connectivity index (χ2v) is 5.53. The molecular weight excluding hydrogens is 352 g/mol. The van der Waals surface area contributed by atoms with E-state index in [1.54, 1.807) is 36.4 Å². The van der Waals surface area contributed by atoms with E-state index in [4.69, 9.17) is 9.68 Å². The van der Waals surface area contributed by atoms with Crippen molar-refractivity contribution >= 4 is 23.7 Å². The number of hydrogen-bond acceptors (Lipinski definition) is 7. The van der Waals surface area contributed by atoms with E-state index in [2.05, 4.69) is 9.89 Å². The van der Waals surface area contributed by atoms with Crippen molar-refractivity contribution in [3.63, 3.8) is 0 Å². The van der Waals surface area contributed by atoms with E-state index >= 15 is 0 Å². The van der Waals surface area contributed by atoms with Crippen molar-refractivity contribution in [3.8, 4) is 0 Å². The molecule has 0 atom stereocenters. The van der Waals surface area contributed by atoms with Crippen LogP contribution in [-0.4, -0.2) is 43.0 Å². The summed E-state index contributed by atoms with van der Waals surface area (Å²) in [5.41, 5.74) is 1.40. The minimum absolute atomic E-state index is 0.0408. The first kappa shape index (κ1) is 18.1. The van der Waals surface area contributed by atoms with Gasteiger partial charge in [0.05, 0.1) is 24.7 Å². The predicted molar refractivity (Wildman–Crippen MR) is 93.7 cm³/mol. The Balaban J connectivity index is 1.93. The van der Waals surface area contributed by atoms with Crippen LogP contribution in [0.5, 0.6) is 0 Å². The summed E-state index contributed by atoms with van der Waals surface area (Å²) >= 11 is 0. The number of esters is 1. The molecule has 3 rings (SSSR count). The Morgan fingerprint density at radius 3 is 2.15 bits per heavy atom. The van der Waals surface area contributed by atoms with Gasteiger partial charge in [0.1, 0.15) is 7.11 Å². The van der Waals surface area contributed by atoms with E-state index in [1.807, 2.05) is 0 Å². The third kappa shape index (κ3) is 3.50. The topological polar surface area (TPSA) is 94.5 Å². The monoisotopic (exact) mass is 368 g/mol. The standard InChI is InChI=1S/C19H16N2O6/c1-25-16(22)11-12-7-3-4-8-13(12)17(20-26-2)27-21-18(23)14-9-5-6-10-15(14)19(21)24/h3-10H,11H2,1-2H3/b20-17-. The van der Waals surface area contributed by atoms with Gasteiger partial charge in [0.15, 0.2) is 0 Å². The first-order valence-electron chi connectivity index (χ1n) is 7.98. The smallest absolute Gasteiger partial charge is 0.310 e. The summed E-state index contributed by atoms with van der Waals surface area (Å²) in [7, 11) is 2.58. The molecule has 0 bridgehead atoms. The maximum Gasteiger partial charge on any atom is 0.310 e. The molecule has 8 nitrogen and oxygen atoms in total. The molecule has 1 heterocycles. The Hall–Kier alpha value is -3.68. The van der Waals surface area contributed by atoms with Crippen LogP contribution in [0.25, 0.3) is 0 Å². The average molecular weight is 368 g/mol. The number of rotatable bonds is 5. The third-order valence-corrected chi connectivity index (χ3v) is 3.92. The molecule has 0 saturated heterocycles. The molecule has 0 fully saturated rings. The van der Waals surface area contributed by atoms with Crippen molar-refractivity contribution in [2.24, 2.45) is 5.16 Å².